The van der Waals surface area contributed by atoms with E-state index in [1.807, 2.05) is 0 Å². The molecule has 0 aliphatic carbocycles. The molecule has 0 radical (unpaired) electrons. The van der Waals surface area contributed by atoms with Gasteiger partial charge in [-0.25, -0.2) is 0 Å². The highest BCUT2D eigenvalue weighted by atomic mass is 15.0. The lowest BCUT2D eigenvalue weighted by Crippen LogP contribution is -2.21. The highest BCUT2D eigenvalue weighted by Crippen LogP contribution is 2.39. The van der Waals surface area contributed by atoms with Gasteiger partial charge in [0.05, 0.1) is 5.52 Å². The van der Waals surface area contributed by atoms with Crippen molar-refractivity contribution >= 4 is 21.8 Å². The van der Waals surface area contributed by atoms with Crippen LogP contribution in [0.5, 0.6) is 0 Å². The van der Waals surface area contributed by atoms with E-state index in [1.165, 1.54) is 32.9 Å². The van der Waals surface area contributed by atoms with Crippen molar-refractivity contribution in [3.05, 3.63) is 72.8 Å². The molecule has 4 aromatic rings. The molecule has 0 atom stereocenters. The minimum atomic E-state index is 0.0384. The smallest absolute Gasteiger partial charge is 0.0502 e. The topological polar surface area (TPSA) is 4.93 Å². The Bertz CT molecular complexity index is 985. The molecule has 3 aromatic carbocycles. The van der Waals surface area contributed by atoms with Gasteiger partial charge in [0.1, 0.15) is 0 Å². The number of para-hydroxylation sites is 1. The summed E-state index contributed by atoms with van der Waals surface area (Å²) in [5.74, 6) is 0. The molecule has 0 N–H and O–H groups in total. The highest BCUT2D eigenvalue weighted by Gasteiger charge is 2.21. The summed E-state index contributed by atoms with van der Waals surface area (Å²) in [6.07, 6.45) is 0. The number of hydrogen-bond donors (Lipinski definition) is 0. The molecule has 0 bridgehead atoms. The molecule has 1 heterocycles. The summed E-state index contributed by atoms with van der Waals surface area (Å²) in [5, 5.41) is 2.68. The van der Waals surface area contributed by atoms with Crippen LogP contribution in [0.3, 0.4) is 0 Å². The van der Waals surface area contributed by atoms with Crippen LogP contribution < -0.4 is 0 Å². The summed E-state index contributed by atoms with van der Waals surface area (Å²) in [4.78, 5) is 0. The molecular formula is C22H21N. The quantitative estimate of drug-likeness (QED) is 0.393. The van der Waals surface area contributed by atoms with Gasteiger partial charge in [-0.15, -0.1) is 0 Å². The van der Waals surface area contributed by atoms with Crippen LogP contribution in [0.4, 0.5) is 0 Å². The van der Waals surface area contributed by atoms with Crippen LogP contribution in [0.2, 0.25) is 0 Å². The first-order valence-corrected chi connectivity index (χ1v) is 8.15. The first kappa shape index (κ1) is 14.1. The van der Waals surface area contributed by atoms with Crippen molar-refractivity contribution in [2.45, 2.75) is 26.3 Å². The molecule has 0 fully saturated rings. The van der Waals surface area contributed by atoms with Crippen molar-refractivity contribution in [2.24, 2.45) is 0 Å². The number of benzene rings is 3. The van der Waals surface area contributed by atoms with Gasteiger partial charge in [-0.05, 0) is 44.0 Å². The average Bonchev–Trinajstić information content (AvgIpc) is 2.90. The molecule has 0 saturated carbocycles. The van der Waals surface area contributed by atoms with Gasteiger partial charge in [0.25, 0.3) is 0 Å². The van der Waals surface area contributed by atoms with E-state index in [1.54, 1.807) is 0 Å². The zero-order chi connectivity index (χ0) is 16.0. The summed E-state index contributed by atoms with van der Waals surface area (Å²) in [7, 11) is 0. The van der Waals surface area contributed by atoms with Crippen molar-refractivity contribution in [2.75, 3.05) is 0 Å². The Kier molecular flexibility index (Phi) is 3.05. The van der Waals surface area contributed by atoms with E-state index >= 15 is 0 Å². The minimum Gasteiger partial charge on any atom is -0.335 e. The molecule has 0 amide bonds. The Morgan fingerprint density at radius 3 is 2.04 bits per heavy atom. The molecule has 1 nitrogen and oxygen atoms in total. The highest BCUT2D eigenvalue weighted by molar-refractivity contribution is 6.15. The van der Waals surface area contributed by atoms with E-state index in [0.717, 1.165) is 0 Å². The maximum absolute atomic E-state index is 2.46. The van der Waals surface area contributed by atoms with Gasteiger partial charge in [-0.1, -0.05) is 60.7 Å². The molecule has 1 aromatic heterocycles. The first-order chi connectivity index (χ1) is 11.1. The lowest BCUT2D eigenvalue weighted by molar-refractivity contribution is 0.423. The van der Waals surface area contributed by atoms with E-state index in [2.05, 4.69) is 98.1 Å². The van der Waals surface area contributed by atoms with Crippen LogP contribution in [-0.2, 0) is 5.54 Å². The number of fused-ring (bicyclic) bond motifs is 3. The molecule has 0 unspecified atom stereocenters. The normalized spacial score (nSPS) is 12.1. The zero-order valence-corrected chi connectivity index (χ0v) is 13.9. The van der Waals surface area contributed by atoms with Crippen LogP contribution in [0.1, 0.15) is 20.8 Å². The van der Waals surface area contributed by atoms with Crippen molar-refractivity contribution in [3.8, 4) is 11.1 Å². The third-order valence-electron chi connectivity index (χ3n) is 4.45. The predicted molar refractivity (Wildman–Crippen MR) is 99.9 cm³/mol. The Hall–Kier alpha value is -2.54. The van der Waals surface area contributed by atoms with Crippen molar-refractivity contribution < 1.29 is 0 Å². The monoisotopic (exact) mass is 299 g/mol. The molecular weight excluding hydrogens is 278 g/mol. The number of rotatable bonds is 1. The van der Waals surface area contributed by atoms with Gasteiger partial charge in [0.2, 0.25) is 0 Å². The third kappa shape index (κ3) is 2.16. The van der Waals surface area contributed by atoms with E-state index in [9.17, 15) is 0 Å². The number of hydrogen-bond acceptors (Lipinski definition) is 0. The lowest BCUT2D eigenvalue weighted by atomic mass is 9.99. The first-order valence-electron chi connectivity index (χ1n) is 8.15. The number of nitrogens with zero attached hydrogens (tertiary/aromatic N) is 1. The van der Waals surface area contributed by atoms with Crippen LogP contribution in [0.15, 0.2) is 72.8 Å². The second-order valence-corrected chi connectivity index (χ2v) is 7.09. The largest absolute Gasteiger partial charge is 0.335 e. The lowest BCUT2D eigenvalue weighted by Gasteiger charge is -2.24. The maximum atomic E-state index is 2.46. The van der Waals surface area contributed by atoms with Crippen LogP contribution >= 0.6 is 0 Å². The fraction of sp³-hybridized carbons (Fsp3) is 0.182. The Morgan fingerprint density at radius 1 is 0.652 bits per heavy atom. The summed E-state index contributed by atoms with van der Waals surface area (Å²) in [6.45, 7) is 6.82. The molecule has 1 heteroatoms. The van der Waals surface area contributed by atoms with Gasteiger partial charge in [0, 0.05) is 21.8 Å². The fourth-order valence-corrected chi connectivity index (χ4v) is 3.60. The van der Waals surface area contributed by atoms with Crippen LogP contribution in [-0.4, -0.2) is 4.57 Å². The SMILES string of the molecule is CC(C)(C)n1c2ccccc2c2c(-c3ccccc3)cccc21. The summed E-state index contributed by atoms with van der Waals surface area (Å²) in [5.41, 5.74) is 5.23. The molecule has 0 saturated heterocycles. The second-order valence-electron chi connectivity index (χ2n) is 7.09. The fourth-order valence-electron chi connectivity index (χ4n) is 3.60. The third-order valence-corrected chi connectivity index (χ3v) is 4.45. The van der Waals surface area contributed by atoms with Gasteiger partial charge in [-0.2, -0.15) is 0 Å². The standard InChI is InChI=1S/C22H21N/c1-22(2,3)23-19-14-8-7-12-18(19)21-17(13-9-15-20(21)23)16-10-5-4-6-11-16/h4-15H,1-3H3. The van der Waals surface area contributed by atoms with Gasteiger partial charge in [0.15, 0.2) is 0 Å². The van der Waals surface area contributed by atoms with E-state index in [0.29, 0.717) is 0 Å². The van der Waals surface area contributed by atoms with E-state index in [-0.39, 0.29) is 5.54 Å². The van der Waals surface area contributed by atoms with Crippen molar-refractivity contribution in [3.63, 3.8) is 0 Å². The maximum Gasteiger partial charge on any atom is 0.0502 e. The molecule has 23 heavy (non-hydrogen) atoms. The van der Waals surface area contributed by atoms with Gasteiger partial charge < -0.3 is 4.57 Å². The summed E-state index contributed by atoms with van der Waals surface area (Å²) in [6, 6.07) is 26.1. The van der Waals surface area contributed by atoms with Gasteiger partial charge >= 0.3 is 0 Å². The summed E-state index contributed by atoms with van der Waals surface area (Å²) >= 11 is 0. The minimum absolute atomic E-state index is 0.0384. The second kappa shape index (κ2) is 4.99. The Morgan fingerprint density at radius 2 is 1.30 bits per heavy atom. The van der Waals surface area contributed by atoms with E-state index in [4.69, 9.17) is 0 Å². The summed E-state index contributed by atoms with van der Waals surface area (Å²) < 4.78 is 2.46. The average molecular weight is 299 g/mol. The van der Waals surface area contributed by atoms with Crippen LogP contribution in [0, 0.1) is 0 Å². The predicted octanol–water partition coefficient (Wildman–Crippen LogP) is 6.22. The van der Waals surface area contributed by atoms with Crippen molar-refractivity contribution in [1.29, 1.82) is 0 Å². The Balaban J connectivity index is 2.21. The molecule has 0 aliphatic rings. The van der Waals surface area contributed by atoms with E-state index < -0.39 is 0 Å². The number of aromatic nitrogens is 1. The zero-order valence-electron chi connectivity index (χ0n) is 13.9. The van der Waals surface area contributed by atoms with Gasteiger partial charge in [-0.3, -0.25) is 0 Å². The molecule has 114 valence electrons. The molecule has 4 rings (SSSR count). The van der Waals surface area contributed by atoms with Crippen LogP contribution in [0.25, 0.3) is 32.9 Å². The molecule has 0 spiro atoms. The van der Waals surface area contributed by atoms with Crippen molar-refractivity contribution in [1.82, 2.24) is 4.57 Å². The molecule has 0 aliphatic heterocycles. The Labute approximate surface area is 137 Å².